The fourth-order valence-corrected chi connectivity index (χ4v) is 2.60. The molecule has 0 spiro atoms. The molecule has 0 bridgehead atoms. The van der Waals surface area contributed by atoms with E-state index in [-0.39, 0.29) is 5.56 Å². The number of rotatable bonds is 3. The Morgan fingerprint density at radius 2 is 2.25 bits per heavy atom. The van der Waals surface area contributed by atoms with Crippen LogP contribution in [0, 0.1) is 13.7 Å². The number of nitrogens with zero attached hydrogens (tertiary/aromatic N) is 3. The van der Waals surface area contributed by atoms with Crippen molar-refractivity contribution >= 4 is 10.9 Å². The molecule has 3 nitrogen and oxygen atoms in total. The monoisotopic (exact) mass is 337 g/mol. The Kier molecular flexibility index (Phi) is 1.31. The first-order valence-electron chi connectivity index (χ1n) is 16.2. The zero-order valence-corrected chi connectivity index (χ0v) is 12.8. The molecule has 0 unspecified atom stereocenters. The number of benzene rings is 1. The minimum Gasteiger partial charge on any atom is -0.344 e. The number of aromatic nitrogens is 2. The molecule has 3 heteroatoms. The molecule has 1 aromatic carbocycles. The zero-order valence-electron chi connectivity index (χ0n) is 30.8. The third kappa shape index (κ3) is 2.73. The van der Waals surface area contributed by atoms with Crippen LogP contribution in [-0.4, -0.2) is 28.0 Å². The summed E-state index contributed by atoms with van der Waals surface area (Å²) in [5.74, 6) is 0. The number of fused-ring (bicyclic) bond motifs is 3. The molecular weight excluding hydrogens is 294 g/mol. The fraction of sp³-hybridized carbons (Fsp3) is 0.381. The molecule has 0 saturated heterocycles. The second kappa shape index (κ2) is 6.06. The molecule has 124 valence electrons. The van der Waals surface area contributed by atoms with Gasteiger partial charge in [0.1, 0.15) is 0 Å². The first kappa shape index (κ1) is 5.18. The van der Waals surface area contributed by atoms with Crippen molar-refractivity contribution < 1.29 is 24.7 Å². The highest BCUT2D eigenvalue weighted by atomic mass is 15.1. The van der Waals surface area contributed by atoms with Gasteiger partial charge in [0.2, 0.25) is 0 Å². The average Bonchev–Trinajstić information content (AvgIpc) is 3.19. The van der Waals surface area contributed by atoms with Gasteiger partial charge in [0.15, 0.2) is 0 Å². The number of likely N-dealkylation sites (N-methyl/N-ethyl adjacent to an activating group) is 1. The molecule has 3 aromatic rings. The summed E-state index contributed by atoms with van der Waals surface area (Å²) >= 11 is 0. The number of aryl methyl sites for hydroxylation is 2. The number of pyridine rings is 1. The molecule has 1 aliphatic heterocycles. The van der Waals surface area contributed by atoms with Crippen LogP contribution in [0.5, 0.6) is 0 Å². The lowest BCUT2D eigenvalue weighted by molar-refractivity contribution is 0.309. The van der Waals surface area contributed by atoms with Crippen molar-refractivity contribution in [3.05, 3.63) is 64.5 Å². The molecule has 0 atom stereocenters. The average molecular weight is 338 g/mol. The summed E-state index contributed by atoms with van der Waals surface area (Å²) < 4.78 is 149. The molecule has 0 aliphatic carbocycles. The van der Waals surface area contributed by atoms with Crippen molar-refractivity contribution in [2.75, 3.05) is 13.5 Å². The highest BCUT2D eigenvalue weighted by Crippen LogP contribution is 2.31. The topological polar surface area (TPSA) is 21.1 Å². The SMILES string of the molecule is [2H]c1nc(C([2H])([2H])[2H])c([2H])c([2H])c1CCn1c2c(c3c([2H])c(C([2H])([2H])[2H])c([2H])c([2H])c31)C([2H])([2H])N(C)C([2H])([2H])C2([2H])[2H]. The second-order valence-corrected chi connectivity index (χ2v) is 5.31. The molecule has 0 radical (unpaired) electrons. The lowest BCUT2D eigenvalue weighted by Gasteiger charge is -2.24. The quantitative estimate of drug-likeness (QED) is 0.723. The molecule has 0 fully saturated rings. The van der Waals surface area contributed by atoms with Crippen molar-refractivity contribution in [2.24, 2.45) is 0 Å². The van der Waals surface area contributed by atoms with Gasteiger partial charge >= 0.3 is 0 Å². The Hall–Kier alpha value is -2.13. The lowest BCUT2D eigenvalue weighted by atomic mass is 10.0. The lowest BCUT2D eigenvalue weighted by Crippen LogP contribution is -2.27. The Balaban J connectivity index is 2.12. The maximum atomic E-state index is 8.76. The molecule has 0 N–H and O–H groups in total. The third-order valence-electron chi connectivity index (χ3n) is 3.66. The summed E-state index contributed by atoms with van der Waals surface area (Å²) in [4.78, 5) is 4.12. The van der Waals surface area contributed by atoms with Crippen LogP contribution in [0.2, 0.25) is 0 Å². The highest BCUT2D eigenvalue weighted by molar-refractivity contribution is 5.86. The van der Waals surface area contributed by atoms with Crippen LogP contribution >= 0.6 is 0 Å². The van der Waals surface area contributed by atoms with Crippen LogP contribution in [0.15, 0.2) is 36.4 Å². The van der Waals surface area contributed by atoms with Gasteiger partial charge in [-0.05, 0) is 56.4 Å². The normalized spacial score (nSPS) is 33.2. The van der Waals surface area contributed by atoms with Crippen LogP contribution in [0.25, 0.3) is 10.9 Å². The summed E-state index contributed by atoms with van der Waals surface area (Å²) in [5.41, 5.74) is -3.56. The minimum absolute atomic E-state index is 0.244. The largest absolute Gasteiger partial charge is 0.344 e. The van der Waals surface area contributed by atoms with Crippen molar-refractivity contribution in [1.82, 2.24) is 14.5 Å². The van der Waals surface area contributed by atoms with E-state index in [1.165, 1.54) is 0 Å². The van der Waals surface area contributed by atoms with E-state index in [1.54, 1.807) is 0 Å². The van der Waals surface area contributed by atoms with Crippen LogP contribution < -0.4 is 0 Å². The summed E-state index contributed by atoms with van der Waals surface area (Å²) in [5, 5.41) is -0.498. The summed E-state index contributed by atoms with van der Waals surface area (Å²) in [6, 6.07) is -3.95. The molecule has 2 aromatic heterocycles. The van der Waals surface area contributed by atoms with E-state index in [1.807, 2.05) is 0 Å². The van der Waals surface area contributed by atoms with Gasteiger partial charge in [0.05, 0.1) is 8.22 Å². The molecular formula is C21H25N3. The Morgan fingerprint density at radius 1 is 1.29 bits per heavy atom. The molecule has 1 aliphatic rings. The van der Waals surface area contributed by atoms with Crippen LogP contribution in [0.4, 0.5) is 0 Å². The van der Waals surface area contributed by atoms with Gasteiger partial charge in [-0.2, -0.15) is 0 Å². The predicted octanol–water partition coefficient (Wildman–Crippen LogP) is 3.88. The number of hydrogen-bond donors (Lipinski definition) is 0. The zero-order chi connectivity index (χ0) is 32.3. The first-order chi connectivity index (χ1) is 18.8. The molecule has 24 heavy (non-hydrogen) atoms. The minimum atomic E-state index is -3.07. The van der Waals surface area contributed by atoms with Gasteiger partial charge in [0.25, 0.3) is 0 Å². The van der Waals surface area contributed by atoms with Crippen LogP contribution in [0.3, 0.4) is 0 Å². The standard InChI is InChI=1S/C21H25N3/c1-15-4-7-20-18(12-15)19-14-23(3)10-9-21(19)24(20)11-8-17-6-5-16(2)22-13-17/h4-7,12-13H,8-11,14H2,1-3H3/i1D3,2D3,4D,5D,6D,7D,9D2,10D2,12D,13D,14D2. The summed E-state index contributed by atoms with van der Waals surface area (Å²) in [6.07, 6.45) is -4.13. The van der Waals surface area contributed by atoms with Gasteiger partial charge in [-0.1, -0.05) is 17.6 Å². The Bertz CT molecular complexity index is 1610. The first-order valence-corrected chi connectivity index (χ1v) is 7.21. The predicted molar refractivity (Wildman–Crippen MR) is 99.4 cm³/mol. The summed E-state index contributed by atoms with van der Waals surface area (Å²) in [6.45, 7) is -12.3. The smallest absolute Gasteiger partial charge is 0.0843 e. The second-order valence-electron chi connectivity index (χ2n) is 5.31. The van der Waals surface area contributed by atoms with Crippen molar-refractivity contribution in [3.8, 4) is 0 Å². The van der Waals surface area contributed by atoms with Crippen LogP contribution in [0.1, 0.15) is 52.8 Å². The van der Waals surface area contributed by atoms with Crippen LogP contribution in [-0.2, 0) is 25.8 Å². The van der Waals surface area contributed by atoms with E-state index < -0.39 is 116 Å². The molecule has 0 saturated carbocycles. The number of hydrogen-bond acceptors (Lipinski definition) is 2. The van der Waals surface area contributed by atoms with E-state index in [9.17, 15) is 0 Å². The van der Waals surface area contributed by atoms with Gasteiger partial charge in [-0.25, -0.2) is 0 Å². The maximum absolute atomic E-state index is 8.76. The van der Waals surface area contributed by atoms with E-state index in [0.29, 0.717) is 4.90 Å². The van der Waals surface area contributed by atoms with Crippen molar-refractivity contribution in [3.63, 3.8) is 0 Å². The van der Waals surface area contributed by atoms with E-state index in [2.05, 4.69) is 4.98 Å². The molecule has 3 heterocycles. The molecule has 4 rings (SSSR count). The molecule has 0 amide bonds. The fourth-order valence-electron chi connectivity index (χ4n) is 2.60. The van der Waals surface area contributed by atoms with E-state index >= 15 is 0 Å². The van der Waals surface area contributed by atoms with Gasteiger partial charge in [-0.3, -0.25) is 4.98 Å². The van der Waals surface area contributed by atoms with Crippen molar-refractivity contribution in [2.45, 2.75) is 39.5 Å². The van der Waals surface area contributed by atoms with E-state index in [4.69, 9.17) is 24.7 Å². The van der Waals surface area contributed by atoms with E-state index in [0.717, 1.165) is 11.6 Å². The van der Waals surface area contributed by atoms with Crippen molar-refractivity contribution in [1.29, 1.82) is 0 Å². The summed E-state index contributed by atoms with van der Waals surface area (Å²) in [7, 11) is 0.978. The Morgan fingerprint density at radius 3 is 3.12 bits per heavy atom. The third-order valence-corrected chi connectivity index (χ3v) is 3.66. The van der Waals surface area contributed by atoms with Gasteiger partial charge < -0.3 is 9.47 Å². The Labute approximate surface area is 169 Å². The maximum Gasteiger partial charge on any atom is 0.0843 e. The van der Waals surface area contributed by atoms with Gasteiger partial charge in [-0.15, -0.1) is 0 Å². The van der Waals surface area contributed by atoms with Gasteiger partial charge in [0, 0.05) is 70.8 Å². The highest BCUT2D eigenvalue weighted by Gasteiger charge is 2.22.